The molecular weight excluding hydrogens is 248 g/mol. The number of carbonyl (C=O) groups is 1. The molecule has 2 rings (SSSR count). The second-order valence-electron chi connectivity index (χ2n) is 4.75. The number of pyridine rings is 1. The first-order chi connectivity index (χ1) is 9.02. The third-order valence-electron chi connectivity index (χ3n) is 3.26. The fourth-order valence-corrected chi connectivity index (χ4v) is 2.11. The molecule has 0 radical (unpaired) electrons. The van der Waals surface area contributed by atoms with Crippen molar-refractivity contribution in [2.24, 2.45) is 5.92 Å². The fraction of sp³-hybridized carbons (Fsp3) is 0.500. The zero-order chi connectivity index (χ0) is 14.0. The number of hydrogen-bond donors (Lipinski definition) is 2. The highest BCUT2D eigenvalue weighted by Crippen LogP contribution is 2.34. The Bertz CT molecular complexity index is 518. The molecule has 1 amide bonds. The number of rotatable bonds is 5. The summed E-state index contributed by atoms with van der Waals surface area (Å²) in [5.74, 6) is 0.134. The molecule has 3 N–H and O–H groups in total. The van der Waals surface area contributed by atoms with E-state index in [1.165, 1.54) is 0 Å². The molecule has 7 heteroatoms. The third-order valence-corrected chi connectivity index (χ3v) is 3.26. The van der Waals surface area contributed by atoms with E-state index < -0.39 is 10.8 Å². The number of hydrogen-bond acceptors (Lipinski definition) is 5. The van der Waals surface area contributed by atoms with E-state index in [2.05, 4.69) is 17.2 Å². The monoisotopic (exact) mass is 264 g/mol. The maximum Gasteiger partial charge on any atom is 0.288 e. The summed E-state index contributed by atoms with van der Waals surface area (Å²) in [6.45, 7) is 2.10. The number of nitrogens with two attached hydrogens (primary N) is 1. The van der Waals surface area contributed by atoms with E-state index in [0.717, 1.165) is 31.5 Å². The molecule has 1 aromatic rings. The summed E-state index contributed by atoms with van der Waals surface area (Å²) in [5, 5.41) is 13.5. The highest BCUT2D eigenvalue weighted by molar-refractivity contribution is 5.99. The van der Waals surface area contributed by atoms with Gasteiger partial charge in [-0.15, -0.1) is 0 Å². The van der Waals surface area contributed by atoms with Crippen LogP contribution in [0.15, 0.2) is 12.3 Å². The lowest BCUT2D eigenvalue weighted by molar-refractivity contribution is -0.385. The predicted octanol–water partition coefficient (Wildman–Crippen LogP) is 1.49. The average Bonchev–Trinajstić information content (AvgIpc) is 3.07. The van der Waals surface area contributed by atoms with Crippen LogP contribution >= 0.6 is 0 Å². The number of nitrogens with one attached hydrogen (secondary N) is 1. The summed E-state index contributed by atoms with van der Waals surface area (Å²) in [4.78, 5) is 25.7. The number of nitrogens with zero attached hydrogens (tertiary/aromatic N) is 2. The lowest BCUT2D eigenvalue weighted by atomic mass is 10.2. The van der Waals surface area contributed by atoms with Crippen LogP contribution < -0.4 is 11.1 Å². The Hall–Kier alpha value is -2.18. The SMILES string of the molecule is CCCC1CC1NC(=O)c1cc([N+](=O)[O-])cnc1N. The zero-order valence-electron chi connectivity index (χ0n) is 10.6. The van der Waals surface area contributed by atoms with E-state index in [4.69, 9.17) is 5.73 Å². The number of carbonyl (C=O) groups excluding carboxylic acids is 1. The highest BCUT2D eigenvalue weighted by Gasteiger charge is 2.37. The second kappa shape index (κ2) is 5.21. The minimum atomic E-state index is -0.597. The number of amides is 1. The first-order valence-corrected chi connectivity index (χ1v) is 6.23. The molecule has 1 fully saturated rings. The number of aromatic nitrogens is 1. The Labute approximate surface area is 110 Å². The zero-order valence-corrected chi connectivity index (χ0v) is 10.6. The van der Waals surface area contributed by atoms with Gasteiger partial charge in [0.1, 0.15) is 12.0 Å². The molecule has 0 saturated heterocycles. The fourth-order valence-electron chi connectivity index (χ4n) is 2.11. The summed E-state index contributed by atoms with van der Waals surface area (Å²) in [6, 6.07) is 1.32. The molecule has 0 aliphatic heterocycles. The van der Waals surface area contributed by atoms with Gasteiger partial charge in [0.2, 0.25) is 0 Å². The molecule has 0 spiro atoms. The Morgan fingerprint density at radius 2 is 2.42 bits per heavy atom. The van der Waals surface area contributed by atoms with E-state index in [-0.39, 0.29) is 23.1 Å². The lowest BCUT2D eigenvalue weighted by Gasteiger charge is -2.06. The maximum atomic E-state index is 12.0. The Morgan fingerprint density at radius 1 is 1.68 bits per heavy atom. The summed E-state index contributed by atoms with van der Waals surface area (Å²) in [6.07, 6.45) is 4.16. The number of nitro groups is 1. The molecule has 7 nitrogen and oxygen atoms in total. The van der Waals surface area contributed by atoms with Crippen LogP contribution in [0.5, 0.6) is 0 Å². The van der Waals surface area contributed by atoms with Crippen molar-refractivity contribution in [3.05, 3.63) is 27.9 Å². The van der Waals surface area contributed by atoms with Crippen LogP contribution in [-0.2, 0) is 0 Å². The summed E-state index contributed by atoms with van der Waals surface area (Å²) >= 11 is 0. The number of nitrogen functional groups attached to an aromatic ring is 1. The summed E-state index contributed by atoms with van der Waals surface area (Å²) in [5.41, 5.74) is 5.42. The predicted molar refractivity (Wildman–Crippen MR) is 69.6 cm³/mol. The number of anilines is 1. The van der Waals surface area contributed by atoms with Gasteiger partial charge in [-0.25, -0.2) is 4.98 Å². The molecule has 1 aliphatic rings. The first-order valence-electron chi connectivity index (χ1n) is 6.23. The first kappa shape index (κ1) is 13.3. The van der Waals surface area contributed by atoms with E-state index in [1.807, 2.05) is 0 Å². The van der Waals surface area contributed by atoms with Gasteiger partial charge in [0.15, 0.2) is 0 Å². The molecular formula is C12H16N4O3. The summed E-state index contributed by atoms with van der Waals surface area (Å²) < 4.78 is 0. The van der Waals surface area contributed by atoms with Gasteiger partial charge in [-0.05, 0) is 18.8 Å². The van der Waals surface area contributed by atoms with Crippen LogP contribution in [-0.4, -0.2) is 21.9 Å². The molecule has 1 heterocycles. The Kier molecular flexibility index (Phi) is 3.64. The van der Waals surface area contributed by atoms with Crippen molar-refractivity contribution < 1.29 is 9.72 Å². The topological polar surface area (TPSA) is 111 Å². The molecule has 0 bridgehead atoms. The largest absolute Gasteiger partial charge is 0.383 e. The van der Waals surface area contributed by atoms with Gasteiger partial charge in [-0.2, -0.15) is 0 Å². The van der Waals surface area contributed by atoms with Gasteiger partial charge in [0.05, 0.1) is 10.5 Å². The van der Waals surface area contributed by atoms with Crippen molar-refractivity contribution in [1.29, 1.82) is 0 Å². The van der Waals surface area contributed by atoms with Crippen LogP contribution in [0.1, 0.15) is 36.5 Å². The molecule has 1 aliphatic carbocycles. The van der Waals surface area contributed by atoms with E-state index in [1.54, 1.807) is 0 Å². The van der Waals surface area contributed by atoms with Crippen molar-refractivity contribution in [3.8, 4) is 0 Å². The molecule has 102 valence electrons. The third kappa shape index (κ3) is 2.98. The highest BCUT2D eigenvalue weighted by atomic mass is 16.6. The average molecular weight is 264 g/mol. The van der Waals surface area contributed by atoms with Crippen LogP contribution in [0, 0.1) is 16.0 Å². The van der Waals surface area contributed by atoms with Gasteiger partial charge in [0, 0.05) is 12.1 Å². The van der Waals surface area contributed by atoms with E-state index in [9.17, 15) is 14.9 Å². The minimum Gasteiger partial charge on any atom is -0.383 e. The van der Waals surface area contributed by atoms with Crippen LogP contribution in [0.4, 0.5) is 11.5 Å². The van der Waals surface area contributed by atoms with Crippen LogP contribution in [0.3, 0.4) is 0 Å². The Morgan fingerprint density at radius 3 is 3.05 bits per heavy atom. The van der Waals surface area contributed by atoms with Crippen molar-refractivity contribution >= 4 is 17.4 Å². The van der Waals surface area contributed by atoms with Crippen LogP contribution in [0.25, 0.3) is 0 Å². The van der Waals surface area contributed by atoms with Crippen molar-refractivity contribution in [2.75, 3.05) is 5.73 Å². The van der Waals surface area contributed by atoms with Gasteiger partial charge >= 0.3 is 0 Å². The smallest absolute Gasteiger partial charge is 0.288 e. The molecule has 19 heavy (non-hydrogen) atoms. The molecule has 1 saturated carbocycles. The van der Waals surface area contributed by atoms with Gasteiger partial charge in [-0.1, -0.05) is 13.3 Å². The molecule has 0 aromatic carbocycles. The van der Waals surface area contributed by atoms with Crippen LogP contribution in [0.2, 0.25) is 0 Å². The molecule has 1 aromatic heterocycles. The quantitative estimate of drug-likeness (QED) is 0.618. The van der Waals surface area contributed by atoms with Crippen molar-refractivity contribution in [1.82, 2.24) is 10.3 Å². The summed E-state index contributed by atoms with van der Waals surface area (Å²) in [7, 11) is 0. The van der Waals surface area contributed by atoms with Crippen molar-refractivity contribution in [2.45, 2.75) is 32.2 Å². The van der Waals surface area contributed by atoms with Gasteiger partial charge in [-0.3, -0.25) is 14.9 Å². The lowest BCUT2D eigenvalue weighted by Crippen LogP contribution is -2.28. The van der Waals surface area contributed by atoms with Gasteiger partial charge < -0.3 is 11.1 Å². The van der Waals surface area contributed by atoms with E-state index >= 15 is 0 Å². The minimum absolute atomic E-state index is 0.00999. The second-order valence-corrected chi connectivity index (χ2v) is 4.75. The molecule has 2 atom stereocenters. The van der Waals surface area contributed by atoms with E-state index in [0.29, 0.717) is 5.92 Å². The van der Waals surface area contributed by atoms with Crippen molar-refractivity contribution in [3.63, 3.8) is 0 Å². The maximum absolute atomic E-state index is 12.0. The normalized spacial score (nSPS) is 20.9. The standard InChI is InChI=1S/C12H16N4O3/c1-2-3-7-4-10(7)15-12(17)9-5-8(16(18)19)6-14-11(9)13/h5-7,10H,2-4H2,1H3,(H2,13,14)(H,15,17). The molecule has 2 unspecified atom stereocenters. The Balaban J connectivity index is 2.07. The van der Waals surface area contributed by atoms with Gasteiger partial charge in [0.25, 0.3) is 11.6 Å².